The van der Waals surface area contributed by atoms with E-state index in [2.05, 4.69) is 10.6 Å². The summed E-state index contributed by atoms with van der Waals surface area (Å²) in [6.45, 7) is 2.89. The second-order valence-electron chi connectivity index (χ2n) is 5.12. The summed E-state index contributed by atoms with van der Waals surface area (Å²) >= 11 is 0. The van der Waals surface area contributed by atoms with E-state index in [1.807, 2.05) is 0 Å². The Balaban J connectivity index is 2.24. The molecule has 1 heterocycles. The van der Waals surface area contributed by atoms with Gasteiger partial charge >= 0.3 is 11.9 Å². The van der Waals surface area contributed by atoms with Gasteiger partial charge in [-0.05, 0) is 6.07 Å². The summed E-state index contributed by atoms with van der Waals surface area (Å²) in [5.74, 6) is -2.94. The third-order valence-electron chi connectivity index (χ3n) is 2.97. The third kappa shape index (κ3) is 3.57. The van der Waals surface area contributed by atoms with Crippen LogP contribution in [-0.2, 0) is 19.1 Å². The molecule has 1 aliphatic heterocycles. The Morgan fingerprint density at radius 1 is 1.17 bits per heavy atom. The van der Waals surface area contributed by atoms with Gasteiger partial charge in [-0.1, -0.05) is 0 Å². The van der Waals surface area contributed by atoms with Crippen LogP contribution >= 0.6 is 0 Å². The number of nitro groups is 1. The molecule has 0 spiro atoms. The van der Waals surface area contributed by atoms with Crippen LogP contribution in [0, 0.1) is 10.1 Å². The molecule has 9 heteroatoms. The zero-order valence-corrected chi connectivity index (χ0v) is 12.7. The normalized spacial score (nSPS) is 16.2. The number of anilines is 2. The second-order valence-corrected chi connectivity index (χ2v) is 5.12. The smallest absolute Gasteiger partial charge is 0.350 e. The number of nitrogens with zero attached hydrogens (tertiary/aromatic N) is 1. The van der Waals surface area contributed by atoms with Crippen LogP contribution in [0.4, 0.5) is 17.1 Å². The Bertz CT molecular complexity index is 688. The van der Waals surface area contributed by atoms with Crippen molar-refractivity contribution in [2.45, 2.75) is 19.6 Å². The van der Waals surface area contributed by atoms with Gasteiger partial charge in [-0.15, -0.1) is 0 Å². The molecule has 0 saturated carbocycles. The van der Waals surface area contributed by atoms with Gasteiger partial charge in [0.2, 0.25) is 0 Å². The van der Waals surface area contributed by atoms with E-state index in [-0.39, 0.29) is 11.3 Å². The quantitative estimate of drug-likeness (QED) is 0.283. The molecule has 9 nitrogen and oxygen atoms in total. The second kappa shape index (κ2) is 5.95. The summed E-state index contributed by atoms with van der Waals surface area (Å²) in [7, 11) is 1.59. The summed E-state index contributed by atoms with van der Waals surface area (Å²) in [5.41, 5.74) is 0.473. The molecule has 0 aliphatic carbocycles. The highest BCUT2D eigenvalue weighted by Gasteiger charge is 2.38. The van der Waals surface area contributed by atoms with Crippen molar-refractivity contribution in [2.24, 2.45) is 0 Å². The first-order valence-electron chi connectivity index (χ1n) is 6.63. The molecule has 0 unspecified atom stereocenters. The molecule has 23 heavy (non-hydrogen) atoms. The minimum Gasteiger partial charge on any atom is -0.419 e. The Kier molecular flexibility index (Phi) is 4.21. The van der Waals surface area contributed by atoms with Crippen LogP contribution in [-0.4, -0.2) is 29.7 Å². The fourth-order valence-corrected chi connectivity index (χ4v) is 1.91. The number of hydrogen-bond donors (Lipinski definition) is 2. The van der Waals surface area contributed by atoms with Crippen molar-refractivity contribution in [3.05, 3.63) is 40.1 Å². The predicted molar refractivity (Wildman–Crippen MR) is 80.6 cm³/mol. The molecule has 0 bridgehead atoms. The number of benzene rings is 1. The Morgan fingerprint density at radius 3 is 2.30 bits per heavy atom. The molecule has 1 aromatic rings. The summed E-state index contributed by atoms with van der Waals surface area (Å²) < 4.78 is 9.91. The highest BCUT2D eigenvalue weighted by molar-refractivity contribution is 6.15. The molecule has 0 radical (unpaired) electrons. The number of rotatable bonds is 4. The molecule has 1 saturated heterocycles. The van der Waals surface area contributed by atoms with Crippen molar-refractivity contribution in [2.75, 3.05) is 17.7 Å². The van der Waals surface area contributed by atoms with Gasteiger partial charge in [0, 0.05) is 39.2 Å². The van der Waals surface area contributed by atoms with Gasteiger partial charge in [-0.25, -0.2) is 9.59 Å². The molecule has 122 valence electrons. The van der Waals surface area contributed by atoms with Gasteiger partial charge in [0.25, 0.3) is 11.5 Å². The van der Waals surface area contributed by atoms with Gasteiger partial charge in [0.05, 0.1) is 16.3 Å². The van der Waals surface area contributed by atoms with E-state index in [0.717, 1.165) is 6.20 Å². The Hall–Kier alpha value is -3.10. The van der Waals surface area contributed by atoms with Crippen molar-refractivity contribution in [3.63, 3.8) is 0 Å². The maximum atomic E-state index is 11.8. The summed E-state index contributed by atoms with van der Waals surface area (Å²) in [6.07, 6.45) is 1.14. The first-order valence-corrected chi connectivity index (χ1v) is 6.63. The van der Waals surface area contributed by atoms with Crippen molar-refractivity contribution in [1.29, 1.82) is 0 Å². The van der Waals surface area contributed by atoms with Gasteiger partial charge in [0.1, 0.15) is 0 Å². The van der Waals surface area contributed by atoms with Crippen LogP contribution in [0.3, 0.4) is 0 Å². The largest absolute Gasteiger partial charge is 0.419 e. The Labute approximate surface area is 131 Å². The van der Waals surface area contributed by atoms with Gasteiger partial charge < -0.3 is 20.1 Å². The highest BCUT2D eigenvalue weighted by atomic mass is 16.7. The molecular formula is C14H15N3O6. The van der Waals surface area contributed by atoms with E-state index in [4.69, 9.17) is 9.47 Å². The van der Waals surface area contributed by atoms with Crippen molar-refractivity contribution in [3.8, 4) is 0 Å². The summed E-state index contributed by atoms with van der Waals surface area (Å²) in [5, 5.41) is 16.3. The maximum absolute atomic E-state index is 11.8. The van der Waals surface area contributed by atoms with Crippen LogP contribution in [0.5, 0.6) is 0 Å². The molecule has 0 atom stereocenters. The summed E-state index contributed by atoms with van der Waals surface area (Å²) in [4.78, 5) is 33.8. The van der Waals surface area contributed by atoms with Crippen molar-refractivity contribution in [1.82, 2.24) is 0 Å². The number of hydrogen-bond acceptors (Lipinski definition) is 8. The SMILES string of the molecule is CNc1cc([N+](=O)[O-])ccc1NC=C1C(=O)OC(C)(C)OC1=O. The number of carbonyl (C=O) groups is 2. The van der Waals surface area contributed by atoms with E-state index < -0.39 is 22.6 Å². The van der Waals surface area contributed by atoms with Crippen molar-refractivity contribution >= 4 is 29.0 Å². The van der Waals surface area contributed by atoms with Crippen LogP contribution in [0.25, 0.3) is 0 Å². The number of non-ortho nitro benzene ring substituents is 1. The number of cyclic esters (lactones) is 2. The first-order chi connectivity index (χ1) is 10.7. The predicted octanol–water partition coefficient (Wildman–Crippen LogP) is 1.77. The third-order valence-corrected chi connectivity index (χ3v) is 2.97. The molecule has 2 N–H and O–H groups in total. The number of esters is 2. The zero-order valence-electron chi connectivity index (χ0n) is 12.7. The summed E-state index contributed by atoms with van der Waals surface area (Å²) in [6, 6.07) is 4.06. The van der Waals surface area contributed by atoms with E-state index in [1.54, 1.807) is 7.05 Å². The van der Waals surface area contributed by atoms with Crippen LogP contribution in [0.1, 0.15) is 13.8 Å². The van der Waals surface area contributed by atoms with Crippen LogP contribution in [0.15, 0.2) is 30.0 Å². The van der Waals surface area contributed by atoms with Crippen LogP contribution in [0.2, 0.25) is 0 Å². The molecule has 1 aromatic carbocycles. The Morgan fingerprint density at radius 2 is 1.78 bits per heavy atom. The zero-order chi connectivity index (χ0) is 17.2. The minimum atomic E-state index is -1.31. The fourth-order valence-electron chi connectivity index (χ4n) is 1.91. The van der Waals surface area contributed by atoms with E-state index in [0.29, 0.717) is 11.4 Å². The lowest BCUT2D eigenvalue weighted by molar-refractivity contribution is -0.384. The highest BCUT2D eigenvalue weighted by Crippen LogP contribution is 2.28. The van der Waals surface area contributed by atoms with E-state index in [9.17, 15) is 19.7 Å². The number of nitro benzene ring substituents is 1. The average Bonchev–Trinajstić information content (AvgIpc) is 2.45. The van der Waals surface area contributed by atoms with E-state index >= 15 is 0 Å². The molecular weight excluding hydrogens is 306 g/mol. The standard InChI is InChI=1S/C14H15N3O6/c1-14(2)22-12(18)9(13(19)23-14)7-16-10-5-4-8(17(20)21)6-11(10)15-3/h4-7,15-16H,1-3H3. The molecule has 1 fully saturated rings. The van der Waals surface area contributed by atoms with Crippen LogP contribution < -0.4 is 10.6 Å². The lowest BCUT2D eigenvalue weighted by Crippen LogP contribution is -2.42. The fraction of sp³-hybridized carbons (Fsp3) is 0.286. The molecule has 0 aromatic heterocycles. The molecule has 1 aliphatic rings. The first kappa shape index (κ1) is 16.3. The number of nitrogens with one attached hydrogen (secondary N) is 2. The lowest BCUT2D eigenvalue weighted by Gasteiger charge is -2.29. The monoisotopic (exact) mass is 321 g/mol. The topological polar surface area (TPSA) is 120 Å². The van der Waals surface area contributed by atoms with Gasteiger partial charge in [0.15, 0.2) is 5.57 Å². The van der Waals surface area contributed by atoms with Crippen molar-refractivity contribution < 1.29 is 24.0 Å². The number of ether oxygens (including phenoxy) is 2. The number of carbonyl (C=O) groups excluding carboxylic acids is 2. The van der Waals surface area contributed by atoms with E-state index in [1.165, 1.54) is 32.0 Å². The maximum Gasteiger partial charge on any atom is 0.350 e. The van der Waals surface area contributed by atoms with Gasteiger partial charge in [-0.2, -0.15) is 0 Å². The minimum absolute atomic E-state index is 0.0919. The average molecular weight is 321 g/mol. The molecule has 0 amide bonds. The molecule has 2 rings (SSSR count). The lowest BCUT2D eigenvalue weighted by atomic mass is 10.2. The van der Waals surface area contributed by atoms with Gasteiger partial charge in [-0.3, -0.25) is 10.1 Å².